The minimum atomic E-state index is 0.834. The summed E-state index contributed by atoms with van der Waals surface area (Å²) >= 11 is 1.42. The summed E-state index contributed by atoms with van der Waals surface area (Å²) < 4.78 is 4.18. The van der Waals surface area contributed by atoms with Crippen LogP contribution in [-0.4, -0.2) is 15.9 Å². The Morgan fingerprint density at radius 2 is 2.31 bits per heavy atom. The summed E-state index contributed by atoms with van der Waals surface area (Å²) in [6, 6.07) is 0. The summed E-state index contributed by atoms with van der Waals surface area (Å²) in [4.78, 5) is 4.29. The number of nitrogens with zero attached hydrogens (tertiary/aromatic N) is 2. The van der Waals surface area contributed by atoms with Crippen LogP contribution in [0.1, 0.15) is 26.6 Å². The van der Waals surface area contributed by atoms with Crippen LogP contribution in [0.5, 0.6) is 0 Å². The highest BCUT2D eigenvalue weighted by Crippen LogP contribution is 2.10. The standard InChI is InChI=1S/C9H15N3S/c1-4-8-11-9(13-12-8)10-6-5-7(2)3/h5H,4,6H2,1-3H3,(H,10,11,12). The summed E-state index contributed by atoms with van der Waals surface area (Å²) in [5.74, 6) is 0.921. The second-order valence-electron chi connectivity index (χ2n) is 3.03. The van der Waals surface area contributed by atoms with Crippen LogP contribution in [0.15, 0.2) is 11.6 Å². The van der Waals surface area contributed by atoms with Gasteiger partial charge in [-0.2, -0.15) is 4.37 Å². The molecular weight excluding hydrogens is 182 g/mol. The van der Waals surface area contributed by atoms with E-state index in [-0.39, 0.29) is 0 Å². The number of allylic oxidation sites excluding steroid dienone is 1. The molecule has 0 fully saturated rings. The van der Waals surface area contributed by atoms with Crippen LogP contribution in [0.3, 0.4) is 0 Å². The van der Waals surface area contributed by atoms with Crippen molar-refractivity contribution in [2.75, 3.05) is 11.9 Å². The molecular formula is C9H15N3S. The van der Waals surface area contributed by atoms with Crippen LogP contribution in [-0.2, 0) is 6.42 Å². The molecule has 0 aliphatic heterocycles. The maximum atomic E-state index is 4.29. The third-order valence-electron chi connectivity index (χ3n) is 1.55. The second kappa shape index (κ2) is 4.97. The zero-order valence-corrected chi connectivity index (χ0v) is 9.11. The molecule has 0 aromatic carbocycles. The summed E-state index contributed by atoms with van der Waals surface area (Å²) in [6.07, 6.45) is 3.04. The molecule has 0 unspecified atom stereocenters. The Hall–Kier alpha value is -0.900. The fraction of sp³-hybridized carbons (Fsp3) is 0.556. The maximum Gasteiger partial charge on any atom is 0.202 e. The van der Waals surface area contributed by atoms with E-state index in [1.807, 2.05) is 0 Å². The van der Waals surface area contributed by atoms with Crippen molar-refractivity contribution in [1.82, 2.24) is 9.36 Å². The molecule has 1 aromatic heterocycles. The Morgan fingerprint density at radius 1 is 1.54 bits per heavy atom. The van der Waals surface area contributed by atoms with Crippen molar-refractivity contribution in [3.63, 3.8) is 0 Å². The van der Waals surface area contributed by atoms with Gasteiger partial charge in [-0.05, 0) is 13.8 Å². The van der Waals surface area contributed by atoms with E-state index in [4.69, 9.17) is 0 Å². The SMILES string of the molecule is CCc1nsc(NCC=C(C)C)n1. The first-order chi connectivity index (χ1) is 6.22. The Kier molecular flexibility index (Phi) is 3.89. The van der Waals surface area contributed by atoms with E-state index >= 15 is 0 Å². The average molecular weight is 197 g/mol. The number of aryl methyl sites for hydroxylation is 1. The largest absolute Gasteiger partial charge is 0.357 e. The highest BCUT2D eigenvalue weighted by molar-refractivity contribution is 7.09. The van der Waals surface area contributed by atoms with Crippen molar-refractivity contribution in [2.45, 2.75) is 27.2 Å². The van der Waals surface area contributed by atoms with Gasteiger partial charge in [0.2, 0.25) is 5.13 Å². The van der Waals surface area contributed by atoms with E-state index in [0.29, 0.717) is 0 Å². The van der Waals surface area contributed by atoms with Gasteiger partial charge in [0.15, 0.2) is 0 Å². The molecule has 0 saturated carbocycles. The molecule has 0 saturated heterocycles. The quantitative estimate of drug-likeness (QED) is 0.753. The molecule has 72 valence electrons. The molecule has 1 rings (SSSR count). The fourth-order valence-corrected chi connectivity index (χ4v) is 1.47. The van der Waals surface area contributed by atoms with Gasteiger partial charge in [0, 0.05) is 24.5 Å². The minimum Gasteiger partial charge on any atom is -0.357 e. The molecule has 1 aromatic rings. The van der Waals surface area contributed by atoms with E-state index in [9.17, 15) is 0 Å². The third-order valence-corrected chi connectivity index (χ3v) is 2.26. The molecule has 0 spiro atoms. The molecule has 0 radical (unpaired) electrons. The van der Waals surface area contributed by atoms with Gasteiger partial charge >= 0.3 is 0 Å². The predicted octanol–water partition coefficient (Wildman–Crippen LogP) is 2.48. The zero-order chi connectivity index (χ0) is 9.68. The van der Waals surface area contributed by atoms with E-state index in [1.165, 1.54) is 17.1 Å². The molecule has 0 aliphatic carbocycles. The van der Waals surface area contributed by atoms with Gasteiger partial charge in [-0.25, -0.2) is 4.98 Å². The van der Waals surface area contributed by atoms with Gasteiger partial charge in [0.1, 0.15) is 5.82 Å². The fourth-order valence-electron chi connectivity index (χ4n) is 0.812. The molecule has 3 nitrogen and oxygen atoms in total. The van der Waals surface area contributed by atoms with Crippen molar-refractivity contribution in [3.05, 3.63) is 17.5 Å². The smallest absolute Gasteiger partial charge is 0.202 e. The number of aromatic nitrogens is 2. The van der Waals surface area contributed by atoms with Crippen molar-refractivity contribution in [2.24, 2.45) is 0 Å². The molecule has 0 amide bonds. The third kappa shape index (κ3) is 3.55. The molecule has 0 atom stereocenters. The van der Waals surface area contributed by atoms with Gasteiger partial charge in [0.25, 0.3) is 0 Å². The molecule has 0 aliphatic rings. The van der Waals surface area contributed by atoms with Crippen molar-refractivity contribution in [1.29, 1.82) is 0 Å². The van der Waals surface area contributed by atoms with Crippen molar-refractivity contribution < 1.29 is 0 Å². The number of hydrogen-bond acceptors (Lipinski definition) is 4. The normalized spacial score (nSPS) is 9.77. The van der Waals surface area contributed by atoms with E-state index in [0.717, 1.165) is 23.9 Å². The second-order valence-corrected chi connectivity index (χ2v) is 3.78. The monoisotopic (exact) mass is 197 g/mol. The van der Waals surface area contributed by atoms with Gasteiger partial charge < -0.3 is 5.32 Å². The Balaban J connectivity index is 2.41. The molecule has 1 heterocycles. The van der Waals surface area contributed by atoms with Crippen LogP contribution in [0.4, 0.5) is 5.13 Å². The summed E-state index contributed by atoms with van der Waals surface area (Å²) in [7, 11) is 0. The minimum absolute atomic E-state index is 0.834. The molecule has 1 N–H and O–H groups in total. The van der Waals surface area contributed by atoms with Crippen LogP contribution in [0, 0.1) is 0 Å². The lowest BCUT2D eigenvalue weighted by Gasteiger charge is -1.95. The Labute approximate surface area is 83.1 Å². The zero-order valence-electron chi connectivity index (χ0n) is 8.29. The summed E-state index contributed by atoms with van der Waals surface area (Å²) in [5.41, 5.74) is 1.31. The van der Waals surface area contributed by atoms with Crippen LogP contribution < -0.4 is 5.32 Å². The van der Waals surface area contributed by atoms with Gasteiger partial charge in [-0.1, -0.05) is 18.6 Å². The summed E-state index contributed by atoms with van der Waals surface area (Å²) in [6.45, 7) is 7.06. The average Bonchev–Trinajstić information content (AvgIpc) is 2.52. The first kappa shape index (κ1) is 10.2. The summed E-state index contributed by atoms with van der Waals surface area (Å²) in [5, 5.41) is 4.11. The predicted molar refractivity (Wildman–Crippen MR) is 57.2 cm³/mol. The molecule has 0 bridgehead atoms. The van der Waals surface area contributed by atoms with E-state index in [2.05, 4.69) is 41.5 Å². The number of rotatable bonds is 4. The van der Waals surface area contributed by atoms with Crippen molar-refractivity contribution in [3.8, 4) is 0 Å². The van der Waals surface area contributed by atoms with Gasteiger partial charge in [-0.15, -0.1) is 0 Å². The highest BCUT2D eigenvalue weighted by Gasteiger charge is 1.98. The van der Waals surface area contributed by atoms with E-state index in [1.54, 1.807) is 0 Å². The van der Waals surface area contributed by atoms with Crippen LogP contribution in [0.25, 0.3) is 0 Å². The Bertz CT molecular complexity index is 287. The van der Waals surface area contributed by atoms with Gasteiger partial charge in [0.05, 0.1) is 0 Å². The first-order valence-electron chi connectivity index (χ1n) is 4.42. The molecule has 13 heavy (non-hydrogen) atoms. The van der Waals surface area contributed by atoms with Crippen LogP contribution in [0.2, 0.25) is 0 Å². The van der Waals surface area contributed by atoms with Gasteiger partial charge in [-0.3, -0.25) is 0 Å². The lowest BCUT2D eigenvalue weighted by Crippen LogP contribution is -1.98. The lowest BCUT2D eigenvalue weighted by molar-refractivity contribution is 0.998. The van der Waals surface area contributed by atoms with Crippen LogP contribution >= 0.6 is 11.5 Å². The Morgan fingerprint density at radius 3 is 2.85 bits per heavy atom. The number of anilines is 1. The van der Waals surface area contributed by atoms with E-state index < -0.39 is 0 Å². The molecule has 4 heteroatoms. The number of nitrogens with one attached hydrogen (secondary N) is 1. The maximum absolute atomic E-state index is 4.29. The number of hydrogen-bond donors (Lipinski definition) is 1. The highest BCUT2D eigenvalue weighted by atomic mass is 32.1. The first-order valence-corrected chi connectivity index (χ1v) is 5.19. The van der Waals surface area contributed by atoms with Crippen molar-refractivity contribution >= 4 is 16.7 Å². The lowest BCUT2D eigenvalue weighted by atomic mass is 10.3. The topological polar surface area (TPSA) is 37.8 Å².